The number of carbonyl (C=O) groups is 3. The van der Waals surface area contributed by atoms with E-state index in [0.717, 1.165) is 38.5 Å². The Balaban J connectivity index is 2.71. The van der Waals surface area contributed by atoms with Crippen molar-refractivity contribution in [1.29, 1.82) is 0 Å². The third kappa shape index (κ3) is 23.2. The molecule has 1 N–H and O–H groups in total. The summed E-state index contributed by atoms with van der Waals surface area (Å²) in [6.45, 7) is 4.15. The Morgan fingerprint density at radius 3 is 1.46 bits per heavy atom. The van der Waals surface area contributed by atoms with Crippen molar-refractivity contribution in [3.63, 3.8) is 0 Å². The van der Waals surface area contributed by atoms with E-state index >= 15 is 0 Å². The predicted molar refractivity (Wildman–Crippen MR) is 202 cm³/mol. The number of unbranched alkanes of at least 4 members (excludes halogenated alkanes) is 20. The fraction of sp³-hybridized carbons (Fsp3) is 0.769. The highest BCUT2D eigenvalue weighted by Crippen LogP contribution is 2.26. The highest BCUT2D eigenvalue weighted by molar-refractivity contribution is 6.53. The van der Waals surface area contributed by atoms with Crippen molar-refractivity contribution in [1.82, 2.24) is 5.32 Å². The van der Waals surface area contributed by atoms with Gasteiger partial charge < -0.3 is 14.8 Å². The molecule has 0 fully saturated rings. The molecule has 0 spiro atoms. The number of amides is 1. The number of halogens is 2. The molecule has 0 heterocycles. The number of hydrogen-bond donors (Lipinski definition) is 1. The van der Waals surface area contributed by atoms with Crippen LogP contribution in [0.25, 0.3) is 0 Å². The van der Waals surface area contributed by atoms with E-state index in [2.05, 4.69) is 19.2 Å². The molecular formula is C39H64Cl2N2O7. The van der Waals surface area contributed by atoms with Gasteiger partial charge in [-0.2, -0.15) is 0 Å². The average Bonchev–Trinajstić information content (AvgIpc) is 3.10. The first kappa shape index (κ1) is 45.6. The predicted octanol–water partition coefficient (Wildman–Crippen LogP) is 11.4. The molecule has 0 aliphatic rings. The molecule has 0 unspecified atom stereocenters. The fourth-order valence-corrected chi connectivity index (χ4v) is 6.07. The van der Waals surface area contributed by atoms with E-state index in [9.17, 15) is 24.5 Å². The molecule has 0 aliphatic carbocycles. The summed E-state index contributed by atoms with van der Waals surface area (Å²) in [6, 6.07) is 4.49. The lowest BCUT2D eigenvalue weighted by Gasteiger charge is -2.28. The Bertz CT molecular complexity index is 1060. The molecule has 2 atom stereocenters. The molecule has 50 heavy (non-hydrogen) atoms. The number of alkyl halides is 2. The van der Waals surface area contributed by atoms with E-state index in [0.29, 0.717) is 18.4 Å². The van der Waals surface area contributed by atoms with Crippen LogP contribution in [-0.4, -0.2) is 40.3 Å². The topological polar surface area (TPSA) is 125 Å². The van der Waals surface area contributed by atoms with E-state index in [1.807, 2.05) is 0 Å². The van der Waals surface area contributed by atoms with Gasteiger partial charge in [0.1, 0.15) is 12.6 Å². The number of non-ortho nitro benzene ring substituents is 1. The molecule has 1 aromatic carbocycles. The normalized spacial score (nSPS) is 12.4. The van der Waals surface area contributed by atoms with Gasteiger partial charge in [-0.3, -0.25) is 24.5 Å². The van der Waals surface area contributed by atoms with Crippen molar-refractivity contribution < 1.29 is 28.8 Å². The number of ether oxygens (including phenoxy) is 2. The maximum absolute atomic E-state index is 13.0. The summed E-state index contributed by atoms with van der Waals surface area (Å²) in [6.07, 6.45) is 24.7. The van der Waals surface area contributed by atoms with Crippen molar-refractivity contribution in [3.05, 3.63) is 39.9 Å². The van der Waals surface area contributed by atoms with Crippen LogP contribution in [0.3, 0.4) is 0 Å². The van der Waals surface area contributed by atoms with Crippen LogP contribution < -0.4 is 5.32 Å². The Morgan fingerprint density at radius 1 is 0.660 bits per heavy atom. The highest BCUT2D eigenvalue weighted by atomic mass is 35.5. The van der Waals surface area contributed by atoms with Crippen molar-refractivity contribution in [2.45, 2.75) is 185 Å². The summed E-state index contributed by atoms with van der Waals surface area (Å²) in [5.74, 6) is -1.65. The van der Waals surface area contributed by atoms with Gasteiger partial charge in [-0.05, 0) is 30.5 Å². The van der Waals surface area contributed by atoms with Crippen LogP contribution >= 0.6 is 23.2 Å². The number of nitro benzene ring substituents is 1. The standard InChI is InChI=1S/C39H64Cl2N2O7/c1-3-5-7-9-11-13-15-17-19-21-23-25-35(44)49-31-34(42-39(46)38(40)41)37(32-27-29-33(30-28-32)43(47)48)50-36(45)26-24-22-20-18-16-14-12-10-8-6-4-2/h27-30,34,37-38H,3-26,31H2,1-2H3,(H,42,46)/t34-,37-/m1/s1. The molecule has 0 aromatic heterocycles. The van der Waals surface area contributed by atoms with Crippen LogP contribution in [-0.2, 0) is 23.9 Å². The maximum atomic E-state index is 13.0. The van der Waals surface area contributed by atoms with Gasteiger partial charge in [-0.15, -0.1) is 0 Å². The minimum absolute atomic E-state index is 0.139. The number of nitro groups is 1. The number of hydrogen-bond acceptors (Lipinski definition) is 7. The van der Waals surface area contributed by atoms with Gasteiger partial charge in [-0.25, -0.2) is 0 Å². The van der Waals surface area contributed by atoms with Gasteiger partial charge in [0, 0.05) is 25.0 Å². The van der Waals surface area contributed by atoms with Gasteiger partial charge in [-0.1, -0.05) is 165 Å². The first-order chi connectivity index (χ1) is 24.2. The van der Waals surface area contributed by atoms with E-state index in [4.69, 9.17) is 32.7 Å². The SMILES string of the molecule is CCCCCCCCCCCCCC(=O)OC[C@@H](NC(=O)C(Cl)Cl)[C@H](OC(=O)CCCCCCCCCCCCC)c1ccc([N+](=O)[O-])cc1. The molecule has 0 saturated carbocycles. The zero-order chi connectivity index (χ0) is 36.8. The molecule has 1 amide bonds. The first-order valence-electron chi connectivity index (χ1n) is 19.4. The maximum Gasteiger partial charge on any atom is 0.306 e. The van der Waals surface area contributed by atoms with E-state index in [-0.39, 0.29) is 25.1 Å². The lowest BCUT2D eigenvalue weighted by molar-refractivity contribution is -0.384. The van der Waals surface area contributed by atoms with Gasteiger partial charge in [0.25, 0.3) is 11.6 Å². The van der Waals surface area contributed by atoms with E-state index in [1.54, 1.807) is 0 Å². The molecule has 9 nitrogen and oxygen atoms in total. The minimum Gasteiger partial charge on any atom is -0.463 e. The lowest BCUT2D eigenvalue weighted by atomic mass is 10.0. The quantitative estimate of drug-likeness (QED) is 0.0256. The monoisotopic (exact) mass is 742 g/mol. The van der Waals surface area contributed by atoms with E-state index in [1.165, 1.54) is 114 Å². The molecule has 0 bridgehead atoms. The lowest BCUT2D eigenvalue weighted by Crippen LogP contribution is -2.46. The molecule has 0 radical (unpaired) electrons. The summed E-state index contributed by atoms with van der Waals surface area (Å²) in [4.78, 5) is 47.7. The van der Waals surface area contributed by atoms with Crippen LogP contribution in [0, 0.1) is 10.1 Å². The number of benzene rings is 1. The van der Waals surface area contributed by atoms with Gasteiger partial charge >= 0.3 is 11.9 Å². The number of nitrogens with zero attached hydrogens (tertiary/aromatic N) is 1. The van der Waals surface area contributed by atoms with Gasteiger partial charge in [0.2, 0.25) is 0 Å². The van der Waals surface area contributed by atoms with Crippen LogP contribution in [0.1, 0.15) is 180 Å². The first-order valence-corrected chi connectivity index (χ1v) is 20.2. The molecule has 286 valence electrons. The zero-order valence-electron chi connectivity index (χ0n) is 30.8. The summed E-state index contributed by atoms with van der Waals surface area (Å²) in [5.41, 5.74) is 0.260. The number of esters is 2. The Kier molecular flexibility index (Phi) is 27.6. The molecular weight excluding hydrogens is 679 g/mol. The third-order valence-electron chi connectivity index (χ3n) is 8.97. The summed E-state index contributed by atoms with van der Waals surface area (Å²) in [5, 5.41) is 13.9. The third-order valence-corrected chi connectivity index (χ3v) is 9.37. The van der Waals surface area contributed by atoms with Crippen molar-refractivity contribution in [3.8, 4) is 0 Å². The second kappa shape index (κ2) is 30.3. The molecule has 0 saturated heterocycles. The molecule has 1 rings (SSSR count). The zero-order valence-corrected chi connectivity index (χ0v) is 32.3. The summed E-state index contributed by atoms with van der Waals surface area (Å²) in [7, 11) is 0. The minimum atomic E-state index is -1.41. The van der Waals surface area contributed by atoms with Crippen LogP contribution in [0.5, 0.6) is 0 Å². The number of carbonyl (C=O) groups excluding carboxylic acids is 3. The average molecular weight is 744 g/mol. The number of nitrogens with one attached hydrogen (secondary N) is 1. The number of rotatable bonds is 32. The second-order valence-corrected chi connectivity index (χ2v) is 14.5. The molecule has 0 aliphatic heterocycles. The van der Waals surface area contributed by atoms with Gasteiger partial charge in [0.15, 0.2) is 10.9 Å². The van der Waals surface area contributed by atoms with Crippen molar-refractivity contribution in [2.75, 3.05) is 6.61 Å². The second-order valence-electron chi connectivity index (χ2n) is 13.4. The molecule has 1 aromatic rings. The Morgan fingerprint density at radius 2 is 1.06 bits per heavy atom. The van der Waals surface area contributed by atoms with Crippen molar-refractivity contribution in [2.24, 2.45) is 0 Å². The summed E-state index contributed by atoms with van der Waals surface area (Å²) >= 11 is 11.7. The smallest absolute Gasteiger partial charge is 0.306 e. The molecule has 11 heteroatoms. The Hall–Kier alpha value is -2.39. The highest BCUT2D eigenvalue weighted by Gasteiger charge is 2.31. The van der Waals surface area contributed by atoms with Crippen LogP contribution in [0.2, 0.25) is 0 Å². The summed E-state index contributed by atoms with van der Waals surface area (Å²) < 4.78 is 11.4. The van der Waals surface area contributed by atoms with E-state index < -0.39 is 39.8 Å². The van der Waals surface area contributed by atoms with Crippen molar-refractivity contribution >= 4 is 46.7 Å². The van der Waals surface area contributed by atoms with Gasteiger partial charge in [0.05, 0.1) is 4.92 Å². The largest absolute Gasteiger partial charge is 0.463 e. The fourth-order valence-electron chi connectivity index (χ4n) is 5.94. The van der Waals surface area contributed by atoms with Crippen LogP contribution in [0.15, 0.2) is 24.3 Å². The Labute approximate surface area is 311 Å². The van der Waals surface area contributed by atoms with Crippen LogP contribution in [0.4, 0.5) is 5.69 Å².